The smallest absolute Gasteiger partial charge is 0.234 e. The molecule has 0 spiro atoms. The molecule has 4 rings (SSSR count). The zero-order valence-corrected chi connectivity index (χ0v) is 18.0. The molecule has 1 aliphatic heterocycles. The lowest BCUT2D eigenvalue weighted by molar-refractivity contribution is -0.133. The average Bonchev–Trinajstić information content (AvgIpc) is 3.24. The van der Waals surface area contributed by atoms with Crippen molar-refractivity contribution in [3.63, 3.8) is 0 Å². The van der Waals surface area contributed by atoms with Crippen LogP contribution >= 0.6 is 0 Å². The Hall–Kier alpha value is -2.95. The Labute approximate surface area is 184 Å². The summed E-state index contributed by atoms with van der Waals surface area (Å²) in [5.41, 5.74) is 3.10. The molecular formula is C27H30N2O2. The Morgan fingerprint density at radius 1 is 0.903 bits per heavy atom. The molecule has 1 heterocycles. The van der Waals surface area contributed by atoms with Gasteiger partial charge in [-0.1, -0.05) is 91.0 Å². The SMILES string of the molecule is CN(C(=O)C(c1ccccc1)c1ccccc1)C(CN1CC[C@H](O)C1)c1ccccc1. The first-order valence-electron chi connectivity index (χ1n) is 11.0. The molecule has 1 aliphatic rings. The van der Waals surface area contributed by atoms with E-state index in [1.54, 1.807) is 0 Å². The van der Waals surface area contributed by atoms with Crippen molar-refractivity contribution in [1.82, 2.24) is 9.80 Å². The van der Waals surface area contributed by atoms with Gasteiger partial charge in [-0.2, -0.15) is 0 Å². The third-order valence-corrected chi connectivity index (χ3v) is 6.19. The molecule has 1 saturated heterocycles. The van der Waals surface area contributed by atoms with E-state index in [2.05, 4.69) is 17.0 Å². The molecule has 0 aliphatic carbocycles. The van der Waals surface area contributed by atoms with Crippen molar-refractivity contribution in [2.24, 2.45) is 0 Å². The average molecular weight is 415 g/mol. The first-order valence-corrected chi connectivity index (χ1v) is 11.0. The molecule has 0 saturated carbocycles. The number of hydrogen-bond donors (Lipinski definition) is 1. The van der Waals surface area contributed by atoms with Gasteiger partial charge < -0.3 is 10.0 Å². The molecule has 160 valence electrons. The lowest BCUT2D eigenvalue weighted by Crippen LogP contribution is -2.41. The van der Waals surface area contributed by atoms with Gasteiger partial charge in [0.25, 0.3) is 0 Å². The molecule has 4 nitrogen and oxygen atoms in total. The third kappa shape index (κ3) is 5.04. The standard InChI is InChI=1S/C27H30N2O2/c1-28(25(21-11-5-2-6-12-21)20-29-18-17-24(30)19-29)27(31)26(22-13-7-3-8-14-22)23-15-9-4-10-16-23/h2-16,24-26,30H,17-20H2,1H3/t24-,25?/m0/s1. The zero-order chi connectivity index (χ0) is 21.6. The Kier molecular flexibility index (Phi) is 6.80. The number of aliphatic hydroxyl groups excluding tert-OH is 1. The van der Waals surface area contributed by atoms with Crippen LogP contribution in [0.2, 0.25) is 0 Å². The quantitative estimate of drug-likeness (QED) is 0.633. The van der Waals surface area contributed by atoms with Gasteiger partial charge in [0.1, 0.15) is 0 Å². The fourth-order valence-corrected chi connectivity index (χ4v) is 4.48. The molecular weight excluding hydrogens is 384 g/mol. The summed E-state index contributed by atoms with van der Waals surface area (Å²) in [6.07, 6.45) is 0.509. The number of rotatable bonds is 7. The summed E-state index contributed by atoms with van der Waals surface area (Å²) in [6.45, 7) is 2.22. The predicted molar refractivity (Wildman–Crippen MR) is 124 cm³/mol. The fraction of sp³-hybridized carbons (Fsp3) is 0.296. The van der Waals surface area contributed by atoms with E-state index in [-0.39, 0.29) is 24.0 Å². The molecule has 31 heavy (non-hydrogen) atoms. The highest BCUT2D eigenvalue weighted by molar-refractivity contribution is 5.87. The summed E-state index contributed by atoms with van der Waals surface area (Å²) in [5, 5.41) is 9.99. The molecule has 1 N–H and O–H groups in total. The van der Waals surface area contributed by atoms with Gasteiger partial charge in [-0.3, -0.25) is 9.69 Å². The summed E-state index contributed by atoms with van der Waals surface area (Å²) < 4.78 is 0. The molecule has 0 bridgehead atoms. The van der Waals surface area contributed by atoms with Gasteiger partial charge in [-0.15, -0.1) is 0 Å². The van der Waals surface area contributed by atoms with Gasteiger partial charge in [-0.05, 0) is 23.1 Å². The van der Waals surface area contributed by atoms with E-state index in [1.807, 2.05) is 90.8 Å². The lowest BCUT2D eigenvalue weighted by atomic mass is 9.89. The summed E-state index contributed by atoms with van der Waals surface area (Å²) >= 11 is 0. The summed E-state index contributed by atoms with van der Waals surface area (Å²) in [6, 6.07) is 30.1. The number of hydrogen-bond acceptors (Lipinski definition) is 3. The minimum absolute atomic E-state index is 0.0750. The molecule has 4 heteroatoms. The molecule has 3 aromatic rings. The van der Waals surface area contributed by atoms with E-state index in [1.165, 1.54) is 0 Å². The lowest BCUT2D eigenvalue weighted by Gasteiger charge is -2.34. The molecule has 1 fully saturated rings. The number of amides is 1. The second-order valence-electron chi connectivity index (χ2n) is 8.33. The van der Waals surface area contributed by atoms with Gasteiger partial charge in [0.05, 0.1) is 18.1 Å². The molecule has 0 radical (unpaired) electrons. The number of carbonyl (C=O) groups is 1. The van der Waals surface area contributed by atoms with E-state index >= 15 is 0 Å². The second-order valence-corrected chi connectivity index (χ2v) is 8.33. The molecule has 0 aromatic heterocycles. The largest absolute Gasteiger partial charge is 0.392 e. The van der Waals surface area contributed by atoms with Crippen molar-refractivity contribution in [3.8, 4) is 0 Å². The van der Waals surface area contributed by atoms with Crippen molar-refractivity contribution < 1.29 is 9.90 Å². The highest BCUT2D eigenvalue weighted by Gasteiger charge is 2.32. The number of carbonyl (C=O) groups excluding carboxylic acids is 1. The fourth-order valence-electron chi connectivity index (χ4n) is 4.48. The number of nitrogens with zero attached hydrogens (tertiary/aromatic N) is 2. The van der Waals surface area contributed by atoms with Crippen molar-refractivity contribution >= 4 is 5.91 Å². The van der Waals surface area contributed by atoms with Crippen molar-refractivity contribution in [2.75, 3.05) is 26.7 Å². The molecule has 1 unspecified atom stereocenters. The molecule has 2 atom stereocenters. The van der Waals surface area contributed by atoms with Gasteiger partial charge in [0, 0.05) is 26.7 Å². The van der Waals surface area contributed by atoms with Crippen molar-refractivity contribution in [1.29, 1.82) is 0 Å². The van der Waals surface area contributed by atoms with Gasteiger partial charge in [0.15, 0.2) is 0 Å². The maximum Gasteiger partial charge on any atom is 0.234 e. The zero-order valence-electron chi connectivity index (χ0n) is 18.0. The van der Waals surface area contributed by atoms with E-state index in [9.17, 15) is 9.90 Å². The monoisotopic (exact) mass is 414 g/mol. The first-order chi connectivity index (χ1) is 15.1. The normalized spacial score (nSPS) is 17.6. The number of β-amino-alcohol motifs (C(OH)–C–C–N with tert-alkyl or cyclic N) is 1. The number of likely N-dealkylation sites (N-methyl/N-ethyl adjacent to an activating group) is 1. The van der Waals surface area contributed by atoms with Gasteiger partial charge in [-0.25, -0.2) is 0 Å². The van der Waals surface area contributed by atoms with Crippen molar-refractivity contribution in [3.05, 3.63) is 108 Å². The highest BCUT2D eigenvalue weighted by atomic mass is 16.3. The number of likely N-dealkylation sites (tertiary alicyclic amines) is 1. The van der Waals surface area contributed by atoms with Crippen LogP contribution < -0.4 is 0 Å². The maximum atomic E-state index is 14.0. The van der Waals surface area contributed by atoms with Crippen LogP contribution in [0.1, 0.15) is 35.1 Å². The van der Waals surface area contributed by atoms with Crippen LogP contribution in [0.3, 0.4) is 0 Å². The molecule has 1 amide bonds. The Balaban J connectivity index is 1.66. The number of aliphatic hydroxyl groups is 1. The van der Waals surface area contributed by atoms with E-state index in [0.717, 1.165) is 29.7 Å². The van der Waals surface area contributed by atoms with Gasteiger partial charge in [0.2, 0.25) is 5.91 Å². The van der Waals surface area contributed by atoms with E-state index < -0.39 is 0 Å². The van der Waals surface area contributed by atoms with E-state index in [4.69, 9.17) is 0 Å². The summed E-state index contributed by atoms with van der Waals surface area (Å²) in [4.78, 5) is 18.1. The molecule has 3 aromatic carbocycles. The third-order valence-electron chi connectivity index (χ3n) is 6.19. The van der Waals surface area contributed by atoms with Crippen LogP contribution in [0.4, 0.5) is 0 Å². The van der Waals surface area contributed by atoms with Crippen LogP contribution in [0.25, 0.3) is 0 Å². The summed E-state index contributed by atoms with van der Waals surface area (Å²) in [5.74, 6) is -0.284. The second kappa shape index (κ2) is 9.90. The van der Waals surface area contributed by atoms with Gasteiger partial charge >= 0.3 is 0 Å². The highest BCUT2D eigenvalue weighted by Crippen LogP contribution is 2.31. The van der Waals surface area contributed by atoms with Crippen LogP contribution in [0, 0.1) is 0 Å². The van der Waals surface area contributed by atoms with Crippen LogP contribution in [-0.2, 0) is 4.79 Å². The Morgan fingerprint density at radius 2 is 1.39 bits per heavy atom. The maximum absolute atomic E-state index is 14.0. The predicted octanol–water partition coefficient (Wildman–Crippen LogP) is 4.08. The van der Waals surface area contributed by atoms with E-state index in [0.29, 0.717) is 13.1 Å². The van der Waals surface area contributed by atoms with Crippen molar-refractivity contribution in [2.45, 2.75) is 24.5 Å². The Morgan fingerprint density at radius 3 is 1.84 bits per heavy atom. The van der Waals surface area contributed by atoms with Crippen LogP contribution in [-0.4, -0.2) is 53.6 Å². The number of benzene rings is 3. The summed E-state index contributed by atoms with van der Waals surface area (Å²) in [7, 11) is 1.91. The first kappa shape index (κ1) is 21.3. The van der Waals surface area contributed by atoms with Crippen LogP contribution in [0.15, 0.2) is 91.0 Å². The minimum atomic E-state index is -0.359. The Bertz CT molecular complexity index is 923. The van der Waals surface area contributed by atoms with Crippen LogP contribution in [0.5, 0.6) is 0 Å². The topological polar surface area (TPSA) is 43.8 Å². The minimum Gasteiger partial charge on any atom is -0.392 e.